The van der Waals surface area contributed by atoms with Crippen LogP contribution in [0.1, 0.15) is 35.7 Å². The van der Waals surface area contributed by atoms with Crippen molar-refractivity contribution in [3.8, 4) is 0 Å². The average molecular weight is 302 g/mol. The van der Waals surface area contributed by atoms with Crippen LogP contribution in [0, 0.1) is 6.92 Å². The summed E-state index contributed by atoms with van der Waals surface area (Å²) in [4.78, 5) is 14.2. The summed E-state index contributed by atoms with van der Waals surface area (Å²) in [6, 6.07) is 4.70. The number of hydrogen-bond donors (Lipinski definition) is 0. The Balaban J connectivity index is 2.40. The number of aryl methyl sites for hydroxylation is 1. The van der Waals surface area contributed by atoms with E-state index in [1.54, 1.807) is 17.9 Å². The van der Waals surface area contributed by atoms with E-state index in [2.05, 4.69) is 0 Å². The maximum atomic E-state index is 12.4. The van der Waals surface area contributed by atoms with Crippen LogP contribution in [0.5, 0.6) is 0 Å². The van der Waals surface area contributed by atoms with Crippen molar-refractivity contribution >= 4 is 25.6 Å². The van der Waals surface area contributed by atoms with Crippen molar-refractivity contribution in [2.24, 2.45) is 0 Å². The first-order valence-corrected chi connectivity index (χ1v) is 8.51. The molecule has 0 unspecified atom stereocenters. The van der Waals surface area contributed by atoms with E-state index in [4.69, 9.17) is 10.7 Å². The quantitative estimate of drug-likeness (QED) is 0.803. The molecular weight excluding hydrogens is 286 g/mol. The highest BCUT2D eigenvalue weighted by molar-refractivity contribution is 8.13. The summed E-state index contributed by atoms with van der Waals surface area (Å²) in [5.74, 6) is -0.121. The third kappa shape index (κ3) is 3.09. The van der Waals surface area contributed by atoms with Gasteiger partial charge in [-0.05, 0) is 44.4 Å². The van der Waals surface area contributed by atoms with Crippen molar-refractivity contribution in [3.63, 3.8) is 0 Å². The lowest BCUT2D eigenvalue weighted by atomic mass is 10.1. The van der Waals surface area contributed by atoms with Crippen LogP contribution in [-0.4, -0.2) is 31.8 Å². The van der Waals surface area contributed by atoms with Crippen LogP contribution in [-0.2, 0) is 9.05 Å². The van der Waals surface area contributed by atoms with Gasteiger partial charge in [0.15, 0.2) is 0 Å². The lowest BCUT2D eigenvalue weighted by Gasteiger charge is -2.21. The first-order chi connectivity index (χ1) is 8.84. The van der Waals surface area contributed by atoms with Gasteiger partial charge < -0.3 is 4.90 Å². The van der Waals surface area contributed by atoms with Gasteiger partial charge in [0.25, 0.3) is 15.0 Å². The van der Waals surface area contributed by atoms with Crippen LogP contribution in [0.3, 0.4) is 0 Å². The molecule has 1 aromatic rings. The molecule has 1 fully saturated rings. The summed E-state index contributed by atoms with van der Waals surface area (Å²) in [7, 11) is 1.51. The van der Waals surface area contributed by atoms with Crippen molar-refractivity contribution in [1.29, 1.82) is 0 Å². The number of hydrogen-bond acceptors (Lipinski definition) is 3. The molecule has 1 aromatic carbocycles. The van der Waals surface area contributed by atoms with E-state index in [0.29, 0.717) is 18.2 Å². The second-order valence-corrected chi connectivity index (χ2v) is 7.30. The molecule has 1 saturated carbocycles. The van der Waals surface area contributed by atoms with Crippen LogP contribution < -0.4 is 0 Å². The van der Waals surface area contributed by atoms with Gasteiger partial charge in [-0.3, -0.25) is 4.79 Å². The highest BCUT2D eigenvalue weighted by atomic mass is 35.7. The summed E-state index contributed by atoms with van der Waals surface area (Å²) in [6.07, 6.45) is 2.04. The maximum Gasteiger partial charge on any atom is 0.261 e. The Hall–Kier alpha value is -1.07. The summed E-state index contributed by atoms with van der Waals surface area (Å²) >= 11 is 0. The van der Waals surface area contributed by atoms with Crippen molar-refractivity contribution in [1.82, 2.24) is 4.90 Å². The van der Waals surface area contributed by atoms with Gasteiger partial charge in [-0.25, -0.2) is 8.42 Å². The molecule has 0 aromatic heterocycles. The molecule has 4 nitrogen and oxygen atoms in total. The lowest BCUT2D eigenvalue weighted by molar-refractivity contribution is 0.0751. The van der Waals surface area contributed by atoms with Gasteiger partial charge in [-0.1, -0.05) is 6.07 Å². The molecule has 0 aliphatic heterocycles. The minimum atomic E-state index is -3.81. The van der Waals surface area contributed by atoms with E-state index in [1.165, 1.54) is 12.1 Å². The molecule has 2 rings (SSSR count). The zero-order chi connectivity index (χ0) is 14.2. The molecule has 0 radical (unpaired) electrons. The molecule has 0 bridgehead atoms. The third-order valence-electron chi connectivity index (χ3n) is 3.31. The summed E-state index contributed by atoms with van der Waals surface area (Å²) in [5, 5.41) is 0. The topological polar surface area (TPSA) is 54.5 Å². The van der Waals surface area contributed by atoms with Gasteiger partial charge in [0.1, 0.15) is 0 Å². The molecular formula is C13H16ClNO3S. The van der Waals surface area contributed by atoms with Gasteiger partial charge in [0.05, 0.1) is 4.90 Å². The van der Waals surface area contributed by atoms with Gasteiger partial charge in [-0.2, -0.15) is 0 Å². The van der Waals surface area contributed by atoms with Gasteiger partial charge in [0.2, 0.25) is 0 Å². The Labute approximate surface area is 117 Å². The molecule has 0 spiro atoms. The van der Waals surface area contributed by atoms with E-state index in [-0.39, 0.29) is 10.8 Å². The molecule has 0 atom stereocenters. The monoisotopic (exact) mass is 301 g/mol. The summed E-state index contributed by atoms with van der Waals surface area (Å²) < 4.78 is 22.7. The van der Waals surface area contributed by atoms with Crippen molar-refractivity contribution in [2.75, 3.05) is 6.54 Å². The fourth-order valence-corrected chi connectivity index (χ4v) is 2.87. The molecule has 1 amide bonds. The first-order valence-electron chi connectivity index (χ1n) is 6.21. The van der Waals surface area contributed by atoms with E-state index in [9.17, 15) is 13.2 Å². The van der Waals surface area contributed by atoms with Crippen LogP contribution in [0.4, 0.5) is 0 Å². The normalized spacial score (nSPS) is 15.3. The predicted octanol–water partition coefficient (Wildman–Crippen LogP) is 2.55. The Morgan fingerprint density at radius 2 is 2.05 bits per heavy atom. The summed E-state index contributed by atoms with van der Waals surface area (Å²) in [5.41, 5.74) is 1.17. The number of carbonyl (C=O) groups excluding carboxylic acids is 1. The van der Waals surface area contributed by atoms with Crippen LogP contribution in [0.2, 0.25) is 0 Å². The fourth-order valence-electron chi connectivity index (χ4n) is 2.09. The Morgan fingerprint density at radius 3 is 2.53 bits per heavy atom. The number of amides is 1. The standard InChI is InChI=1S/C13H16ClNO3S/c1-3-15(10-5-6-10)13(16)12-8-11(19(14,17)18)7-4-9(12)2/h4,7-8,10H,3,5-6H2,1-2H3. The van der Waals surface area contributed by atoms with E-state index in [1.807, 2.05) is 6.92 Å². The van der Waals surface area contributed by atoms with Crippen LogP contribution >= 0.6 is 10.7 Å². The van der Waals surface area contributed by atoms with E-state index < -0.39 is 9.05 Å². The Morgan fingerprint density at radius 1 is 1.42 bits per heavy atom. The molecule has 104 valence electrons. The first kappa shape index (κ1) is 14.3. The number of rotatable bonds is 4. The average Bonchev–Trinajstić information content (AvgIpc) is 3.13. The van der Waals surface area contributed by atoms with Crippen molar-refractivity contribution < 1.29 is 13.2 Å². The zero-order valence-electron chi connectivity index (χ0n) is 10.9. The largest absolute Gasteiger partial charge is 0.336 e. The zero-order valence-corrected chi connectivity index (χ0v) is 12.5. The molecule has 0 N–H and O–H groups in total. The fraction of sp³-hybridized carbons (Fsp3) is 0.462. The number of carbonyl (C=O) groups is 1. The second kappa shape index (κ2) is 5.13. The third-order valence-corrected chi connectivity index (χ3v) is 4.66. The van der Waals surface area contributed by atoms with E-state index >= 15 is 0 Å². The number of benzene rings is 1. The second-order valence-electron chi connectivity index (χ2n) is 4.74. The van der Waals surface area contributed by atoms with Crippen LogP contribution in [0.15, 0.2) is 23.1 Å². The Bertz CT molecular complexity index is 608. The number of halogens is 1. The van der Waals surface area contributed by atoms with Gasteiger partial charge >= 0.3 is 0 Å². The molecule has 19 heavy (non-hydrogen) atoms. The van der Waals surface area contributed by atoms with E-state index in [0.717, 1.165) is 18.4 Å². The highest BCUT2D eigenvalue weighted by Gasteiger charge is 2.32. The minimum Gasteiger partial charge on any atom is -0.336 e. The number of nitrogens with zero attached hydrogens (tertiary/aromatic N) is 1. The molecule has 1 aliphatic rings. The highest BCUT2D eigenvalue weighted by Crippen LogP contribution is 2.29. The molecule has 0 saturated heterocycles. The van der Waals surface area contributed by atoms with Crippen molar-refractivity contribution in [3.05, 3.63) is 29.3 Å². The predicted molar refractivity (Wildman–Crippen MR) is 74.0 cm³/mol. The Kier molecular flexibility index (Phi) is 3.87. The minimum absolute atomic E-state index is 0.0324. The van der Waals surface area contributed by atoms with Crippen LogP contribution in [0.25, 0.3) is 0 Å². The summed E-state index contributed by atoms with van der Waals surface area (Å²) in [6.45, 7) is 4.34. The van der Waals surface area contributed by atoms with Crippen molar-refractivity contribution in [2.45, 2.75) is 37.6 Å². The molecule has 1 aliphatic carbocycles. The lowest BCUT2D eigenvalue weighted by Crippen LogP contribution is -2.33. The van der Waals surface area contributed by atoms with Gasteiger partial charge in [0, 0.05) is 28.8 Å². The SMILES string of the molecule is CCN(C(=O)c1cc(S(=O)(=O)Cl)ccc1C)C1CC1. The van der Waals surface area contributed by atoms with Gasteiger partial charge in [-0.15, -0.1) is 0 Å². The smallest absolute Gasteiger partial charge is 0.261 e. The maximum absolute atomic E-state index is 12.4. The molecule has 0 heterocycles. The molecule has 6 heteroatoms.